The van der Waals surface area contributed by atoms with Crippen LogP contribution in [0.3, 0.4) is 0 Å². The van der Waals surface area contributed by atoms with Gasteiger partial charge in [-0.05, 0) is 38.8 Å². The van der Waals surface area contributed by atoms with Gasteiger partial charge in [0.2, 0.25) is 0 Å². The number of carbonyl (C=O) groups excluding carboxylic acids is 2. The first kappa shape index (κ1) is 11.3. The van der Waals surface area contributed by atoms with Gasteiger partial charge in [0.25, 0.3) is 0 Å². The Labute approximate surface area is 93.7 Å². The molecule has 2 rings (SSSR count). The first-order valence-electron chi connectivity index (χ1n) is 5.64. The average molecular weight is 228 g/mol. The quantitative estimate of drug-likeness (QED) is 0.490. The van der Waals surface area contributed by atoms with Crippen molar-refractivity contribution in [2.75, 3.05) is 13.1 Å². The van der Waals surface area contributed by atoms with Crippen molar-refractivity contribution in [2.24, 2.45) is 0 Å². The molecule has 6 heteroatoms. The molecular formula is C10H16N2O4. The second kappa shape index (κ2) is 5.27. The predicted molar refractivity (Wildman–Crippen MR) is 54.2 cm³/mol. The van der Waals surface area contributed by atoms with Crippen LogP contribution in [-0.2, 0) is 19.1 Å². The summed E-state index contributed by atoms with van der Waals surface area (Å²) in [6, 6.07) is 0. The topological polar surface area (TPSA) is 76.7 Å². The van der Waals surface area contributed by atoms with E-state index in [1.807, 2.05) is 0 Å². The highest BCUT2D eigenvalue weighted by atomic mass is 16.6. The zero-order valence-electron chi connectivity index (χ0n) is 9.03. The molecule has 0 saturated carbocycles. The molecule has 16 heavy (non-hydrogen) atoms. The molecule has 0 aromatic carbocycles. The number of esters is 2. The fraction of sp³-hybridized carbons (Fsp3) is 0.800. The van der Waals surface area contributed by atoms with Gasteiger partial charge in [-0.1, -0.05) is 0 Å². The van der Waals surface area contributed by atoms with Crippen molar-refractivity contribution >= 4 is 11.9 Å². The Morgan fingerprint density at radius 3 is 1.62 bits per heavy atom. The number of hydrogen-bond donors (Lipinski definition) is 2. The van der Waals surface area contributed by atoms with E-state index in [9.17, 15) is 9.59 Å². The molecule has 0 radical (unpaired) electrons. The molecule has 2 aliphatic heterocycles. The normalized spacial score (nSPS) is 29.0. The van der Waals surface area contributed by atoms with Crippen molar-refractivity contribution in [1.29, 1.82) is 0 Å². The highest BCUT2D eigenvalue weighted by Gasteiger charge is 2.27. The summed E-state index contributed by atoms with van der Waals surface area (Å²) in [6.07, 6.45) is 2.74. The molecule has 0 aromatic rings. The van der Waals surface area contributed by atoms with Gasteiger partial charge in [0.05, 0.1) is 0 Å². The number of nitrogens with one attached hydrogen (secondary N) is 2. The largest absolute Gasteiger partial charge is 0.438 e. The molecule has 0 aliphatic carbocycles. The Bertz CT molecular complexity index is 242. The van der Waals surface area contributed by atoms with Crippen LogP contribution in [0.5, 0.6) is 0 Å². The predicted octanol–water partition coefficient (Wildman–Crippen LogP) is -0.508. The third-order valence-corrected chi connectivity index (χ3v) is 2.70. The first-order chi connectivity index (χ1) is 7.75. The molecule has 2 heterocycles. The molecule has 2 N–H and O–H groups in total. The maximum absolute atomic E-state index is 11.3. The van der Waals surface area contributed by atoms with Crippen LogP contribution in [0.4, 0.5) is 0 Å². The molecule has 2 unspecified atom stereocenters. The third-order valence-electron chi connectivity index (χ3n) is 2.70. The van der Waals surface area contributed by atoms with Crippen LogP contribution < -0.4 is 10.6 Å². The number of hydrogen-bond acceptors (Lipinski definition) is 6. The van der Waals surface area contributed by atoms with Crippen LogP contribution in [0.2, 0.25) is 0 Å². The zero-order valence-corrected chi connectivity index (χ0v) is 9.03. The van der Waals surface area contributed by atoms with E-state index in [-0.39, 0.29) is 12.5 Å². The Kier molecular flexibility index (Phi) is 3.74. The van der Waals surface area contributed by atoms with Crippen molar-refractivity contribution < 1.29 is 19.1 Å². The highest BCUT2D eigenvalue weighted by Crippen LogP contribution is 2.09. The minimum Gasteiger partial charge on any atom is -0.438 e. The highest BCUT2D eigenvalue weighted by molar-refractivity contribution is 6.29. The van der Waals surface area contributed by atoms with Crippen molar-refractivity contribution in [1.82, 2.24) is 10.6 Å². The lowest BCUT2D eigenvalue weighted by molar-refractivity contribution is -0.175. The van der Waals surface area contributed by atoms with Gasteiger partial charge in [-0.25, -0.2) is 9.59 Å². The number of ether oxygens (including phenoxy) is 2. The van der Waals surface area contributed by atoms with Crippen LogP contribution in [0, 0.1) is 0 Å². The smallest absolute Gasteiger partial charge is 0.419 e. The van der Waals surface area contributed by atoms with Crippen molar-refractivity contribution in [3.63, 3.8) is 0 Å². The summed E-state index contributed by atoms with van der Waals surface area (Å²) in [7, 11) is 0. The third kappa shape index (κ3) is 2.93. The second-order valence-corrected chi connectivity index (χ2v) is 3.98. The Morgan fingerprint density at radius 1 is 0.875 bits per heavy atom. The molecule has 2 atom stereocenters. The number of carbonyl (C=O) groups is 2. The van der Waals surface area contributed by atoms with E-state index in [4.69, 9.17) is 9.47 Å². The van der Waals surface area contributed by atoms with Gasteiger partial charge in [0.1, 0.15) is 0 Å². The van der Waals surface area contributed by atoms with E-state index >= 15 is 0 Å². The van der Waals surface area contributed by atoms with Gasteiger partial charge in [0.15, 0.2) is 12.5 Å². The van der Waals surface area contributed by atoms with E-state index in [0.717, 1.165) is 38.8 Å². The lowest BCUT2D eigenvalue weighted by Crippen LogP contribution is -2.35. The van der Waals surface area contributed by atoms with Crippen molar-refractivity contribution in [2.45, 2.75) is 38.1 Å². The average Bonchev–Trinajstić information content (AvgIpc) is 2.90. The first-order valence-corrected chi connectivity index (χ1v) is 5.64. The molecule has 0 spiro atoms. The Balaban J connectivity index is 1.72. The zero-order chi connectivity index (χ0) is 11.4. The maximum Gasteiger partial charge on any atom is 0.419 e. The Hall–Kier alpha value is -1.14. The summed E-state index contributed by atoms with van der Waals surface area (Å²) in [4.78, 5) is 22.6. The van der Waals surface area contributed by atoms with Gasteiger partial charge >= 0.3 is 11.9 Å². The summed E-state index contributed by atoms with van der Waals surface area (Å²) in [5, 5.41) is 5.94. The van der Waals surface area contributed by atoms with Crippen LogP contribution >= 0.6 is 0 Å². The molecule has 90 valence electrons. The Morgan fingerprint density at radius 2 is 1.31 bits per heavy atom. The van der Waals surface area contributed by atoms with Crippen LogP contribution in [0.25, 0.3) is 0 Å². The lowest BCUT2D eigenvalue weighted by atomic mass is 10.3. The monoisotopic (exact) mass is 228 g/mol. The molecule has 2 fully saturated rings. The summed E-state index contributed by atoms with van der Waals surface area (Å²) in [5.41, 5.74) is 0. The minimum atomic E-state index is -0.909. The molecule has 0 amide bonds. The maximum atomic E-state index is 11.3. The van der Waals surface area contributed by atoms with Crippen LogP contribution in [0.15, 0.2) is 0 Å². The summed E-state index contributed by atoms with van der Waals surface area (Å²) in [6.45, 7) is 1.63. The van der Waals surface area contributed by atoms with Gasteiger partial charge in [-0.3, -0.25) is 10.6 Å². The standard InChI is InChI=1S/C10H16N2O4/c13-9(15-7-3-1-5-11-7)10(14)16-8-4-2-6-12-8/h7-8,11-12H,1-6H2. The summed E-state index contributed by atoms with van der Waals surface area (Å²) in [5.74, 6) is -1.82. The van der Waals surface area contributed by atoms with E-state index in [0.29, 0.717) is 0 Å². The van der Waals surface area contributed by atoms with Gasteiger partial charge in [-0.15, -0.1) is 0 Å². The lowest BCUT2D eigenvalue weighted by Gasteiger charge is -2.14. The van der Waals surface area contributed by atoms with Crippen molar-refractivity contribution in [3.8, 4) is 0 Å². The van der Waals surface area contributed by atoms with E-state index in [1.165, 1.54) is 0 Å². The van der Waals surface area contributed by atoms with E-state index in [2.05, 4.69) is 10.6 Å². The van der Waals surface area contributed by atoms with Gasteiger partial charge in [-0.2, -0.15) is 0 Å². The second-order valence-electron chi connectivity index (χ2n) is 3.98. The molecule has 0 bridgehead atoms. The SMILES string of the molecule is O=C(OC1CCCN1)C(=O)OC1CCCN1. The minimum absolute atomic E-state index is 0.336. The van der Waals surface area contributed by atoms with Crippen molar-refractivity contribution in [3.05, 3.63) is 0 Å². The molecule has 2 saturated heterocycles. The molecule has 2 aliphatic rings. The summed E-state index contributed by atoms with van der Waals surface area (Å²) < 4.78 is 9.86. The fourth-order valence-corrected chi connectivity index (χ4v) is 1.86. The van der Waals surface area contributed by atoms with E-state index in [1.54, 1.807) is 0 Å². The molecular weight excluding hydrogens is 212 g/mol. The summed E-state index contributed by atoms with van der Waals surface area (Å²) >= 11 is 0. The van der Waals surface area contributed by atoms with Crippen LogP contribution in [0.1, 0.15) is 25.7 Å². The van der Waals surface area contributed by atoms with Gasteiger partial charge < -0.3 is 9.47 Å². The van der Waals surface area contributed by atoms with E-state index < -0.39 is 11.9 Å². The number of rotatable bonds is 2. The fourth-order valence-electron chi connectivity index (χ4n) is 1.86. The van der Waals surface area contributed by atoms with Crippen LogP contribution in [-0.4, -0.2) is 37.5 Å². The molecule has 6 nitrogen and oxygen atoms in total. The molecule has 0 aromatic heterocycles. The van der Waals surface area contributed by atoms with Gasteiger partial charge in [0, 0.05) is 0 Å².